The van der Waals surface area contributed by atoms with Crippen LogP contribution in [0.2, 0.25) is 0 Å². The van der Waals surface area contributed by atoms with Crippen molar-refractivity contribution in [2.75, 3.05) is 79.2 Å². The number of aliphatic carboxylic acids is 1. The van der Waals surface area contributed by atoms with Crippen molar-refractivity contribution < 1.29 is 38.4 Å². The van der Waals surface area contributed by atoms with Gasteiger partial charge in [-0.25, -0.2) is 5.84 Å². The average Bonchev–Trinajstić information content (AvgIpc) is 2.99. The fourth-order valence-electron chi connectivity index (χ4n) is 4.51. The molecular formula is C33H66N4O8. The highest BCUT2D eigenvalue weighted by Gasteiger charge is 2.01. The number of rotatable bonds is 36. The second kappa shape index (κ2) is 34.9. The van der Waals surface area contributed by atoms with Gasteiger partial charge in [-0.1, -0.05) is 77.0 Å². The fraction of sp³-hybridized carbons (Fsp3) is 0.879. The molecule has 0 atom stereocenters. The fourth-order valence-corrected chi connectivity index (χ4v) is 4.51. The van der Waals surface area contributed by atoms with Gasteiger partial charge in [0.1, 0.15) is 0 Å². The molecule has 0 rings (SSSR count). The molecule has 1 amide bonds. The van der Waals surface area contributed by atoms with Gasteiger partial charge >= 0.3 is 5.97 Å². The lowest BCUT2D eigenvalue weighted by atomic mass is 10.0. The number of carboxylic acids is 1. The summed E-state index contributed by atoms with van der Waals surface area (Å²) in [4.78, 5) is 22.4. The van der Waals surface area contributed by atoms with Gasteiger partial charge in [-0.15, -0.1) is 0 Å². The maximum absolute atomic E-state index is 12.0. The van der Waals surface area contributed by atoms with E-state index in [4.69, 9.17) is 40.4 Å². The highest BCUT2D eigenvalue weighted by molar-refractivity contribution is 5.75. The summed E-state index contributed by atoms with van der Waals surface area (Å²) in [6.45, 7) is 7.81. The molecule has 0 aromatic heterocycles. The van der Waals surface area contributed by atoms with Crippen LogP contribution >= 0.6 is 0 Å². The standard InChI is InChI=1S/C33H66N4O8/c1-31(34)30-37(35)19-21-42-23-25-44-27-29-45-28-26-43-24-22-41-20-18-36-32(38)16-14-12-10-8-6-4-2-3-5-7-9-11-13-15-17-33(39)40/h30H,2-29,34-35H2,1H3,(H,36,38)(H,39,40)/b31-30-. The number of nitrogens with one attached hydrogen (secondary N) is 1. The van der Waals surface area contributed by atoms with Crippen LogP contribution in [0, 0.1) is 0 Å². The number of allylic oxidation sites excluding steroid dienone is 1. The van der Waals surface area contributed by atoms with Crippen molar-refractivity contribution in [3.63, 3.8) is 0 Å². The van der Waals surface area contributed by atoms with Crippen molar-refractivity contribution in [3.8, 4) is 0 Å². The Balaban J connectivity index is 3.20. The zero-order chi connectivity index (χ0) is 33.1. The van der Waals surface area contributed by atoms with Crippen LogP contribution in [-0.2, 0) is 33.3 Å². The molecule has 45 heavy (non-hydrogen) atoms. The lowest BCUT2D eigenvalue weighted by Crippen LogP contribution is -2.30. The molecule has 12 nitrogen and oxygen atoms in total. The lowest BCUT2D eigenvalue weighted by molar-refractivity contribution is -0.137. The van der Waals surface area contributed by atoms with E-state index in [9.17, 15) is 9.59 Å². The minimum Gasteiger partial charge on any atom is -0.481 e. The van der Waals surface area contributed by atoms with E-state index in [1.807, 2.05) is 0 Å². The second-order valence-electron chi connectivity index (χ2n) is 11.4. The van der Waals surface area contributed by atoms with E-state index in [1.54, 1.807) is 13.1 Å². The van der Waals surface area contributed by atoms with Gasteiger partial charge in [-0.2, -0.15) is 0 Å². The van der Waals surface area contributed by atoms with Crippen molar-refractivity contribution >= 4 is 11.9 Å². The number of hydrazine groups is 1. The van der Waals surface area contributed by atoms with Crippen molar-refractivity contribution in [2.45, 2.75) is 110 Å². The number of carboxylic acid groups (broad SMARTS) is 1. The Morgan fingerprint density at radius 2 is 0.956 bits per heavy atom. The van der Waals surface area contributed by atoms with Crippen LogP contribution in [0.1, 0.15) is 110 Å². The summed E-state index contributed by atoms with van der Waals surface area (Å²) >= 11 is 0. The maximum atomic E-state index is 12.0. The van der Waals surface area contributed by atoms with Crippen LogP contribution in [-0.4, -0.2) is 101 Å². The van der Waals surface area contributed by atoms with Gasteiger partial charge in [0.15, 0.2) is 0 Å². The van der Waals surface area contributed by atoms with E-state index in [-0.39, 0.29) is 5.91 Å². The quantitative estimate of drug-likeness (QED) is 0.0430. The second-order valence-corrected chi connectivity index (χ2v) is 11.4. The Morgan fingerprint density at radius 1 is 0.600 bits per heavy atom. The monoisotopic (exact) mass is 646 g/mol. The van der Waals surface area contributed by atoms with Crippen LogP contribution in [0.15, 0.2) is 11.9 Å². The minimum atomic E-state index is -0.683. The minimum absolute atomic E-state index is 0.0966. The first kappa shape index (κ1) is 43.0. The van der Waals surface area contributed by atoms with Gasteiger partial charge in [0.2, 0.25) is 5.91 Å². The molecule has 0 aliphatic carbocycles. The zero-order valence-corrected chi connectivity index (χ0v) is 28.3. The van der Waals surface area contributed by atoms with E-state index in [2.05, 4.69) is 5.32 Å². The van der Waals surface area contributed by atoms with Crippen molar-refractivity contribution in [1.82, 2.24) is 10.3 Å². The number of carbonyl (C=O) groups is 2. The van der Waals surface area contributed by atoms with E-state index >= 15 is 0 Å². The topological polar surface area (TPSA) is 168 Å². The first-order chi connectivity index (χ1) is 21.9. The van der Waals surface area contributed by atoms with Crippen LogP contribution in [0.4, 0.5) is 0 Å². The van der Waals surface area contributed by atoms with Crippen LogP contribution in [0.25, 0.3) is 0 Å². The molecule has 0 fully saturated rings. The Kier molecular flexibility index (Phi) is 33.4. The number of nitrogens with zero attached hydrogens (tertiary/aromatic N) is 1. The summed E-state index contributed by atoms with van der Waals surface area (Å²) in [7, 11) is 0. The van der Waals surface area contributed by atoms with Gasteiger partial charge in [-0.05, 0) is 19.8 Å². The summed E-state index contributed by atoms with van der Waals surface area (Å²) in [5.41, 5.74) is 6.20. The predicted molar refractivity (Wildman–Crippen MR) is 177 cm³/mol. The number of hydrogen-bond donors (Lipinski definition) is 4. The molecule has 266 valence electrons. The van der Waals surface area contributed by atoms with Gasteiger partial charge in [0, 0.05) is 31.3 Å². The van der Waals surface area contributed by atoms with Gasteiger partial charge in [-0.3, -0.25) is 9.59 Å². The van der Waals surface area contributed by atoms with Gasteiger partial charge in [0.05, 0.1) is 72.6 Å². The summed E-state index contributed by atoms with van der Waals surface area (Å²) in [6.07, 6.45) is 19.1. The smallest absolute Gasteiger partial charge is 0.303 e. The lowest BCUT2D eigenvalue weighted by Gasteiger charge is -2.14. The molecule has 0 aliphatic rings. The largest absolute Gasteiger partial charge is 0.481 e. The normalized spacial score (nSPS) is 11.6. The Hall–Kier alpha value is -1.96. The van der Waals surface area contributed by atoms with Gasteiger partial charge < -0.3 is 44.9 Å². The van der Waals surface area contributed by atoms with E-state index in [0.717, 1.165) is 32.1 Å². The number of amides is 1. The molecule has 0 heterocycles. The highest BCUT2D eigenvalue weighted by atomic mass is 16.6. The van der Waals surface area contributed by atoms with Crippen molar-refractivity contribution in [3.05, 3.63) is 11.9 Å². The summed E-state index contributed by atoms with van der Waals surface area (Å²) in [5.74, 6) is 5.13. The molecule has 0 radical (unpaired) electrons. The highest BCUT2D eigenvalue weighted by Crippen LogP contribution is 2.13. The molecule has 0 aliphatic heterocycles. The molecule has 12 heteroatoms. The van der Waals surface area contributed by atoms with E-state index < -0.39 is 5.97 Å². The van der Waals surface area contributed by atoms with E-state index in [1.165, 1.54) is 62.8 Å². The number of unbranched alkanes of at least 4 members (excludes halogenated alkanes) is 13. The van der Waals surface area contributed by atoms with E-state index in [0.29, 0.717) is 97.7 Å². The Bertz CT molecular complexity index is 696. The third-order valence-electron chi connectivity index (χ3n) is 6.96. The molecule has 0 bridgehead atoms. The third kappa shape index (κ3) is 38.1. The number of ether oxygens (including phenoxy) is 5. The summed E-state index contributed by atoms with van der Waals surface area (Å²) in [6, 6.07) is 0. The van der Waals surface area contributed by atoms with Crippen molar-refractivity contribution in [1.29, 1.82) is 0 Å². The Morgan fingerprint density at radius 3 is 1.36 bits per heavy atom. The summed E-state index contributed by atoms with van der Waals surface area (Å²) < 4.78 is 27.3. The number of carbonyl (C=O) groups excluding carboxylic acids is 1. The molecule has 0 unspecified atom stereocenters. The molecular weight excluding hydrogens is 580 g/mol. The molecule has 0 aromatic rings. The SMILES string of the molecule is C/C(N)=C/N(N)CCOCCOCCOCCOCCOCCNC(=O)CCCCCCCCCCCCCCCCC(=O)O. The van der Waals surface area contributed by atoms with Crippen LogP contribution < -0.4 is 16.9 Å². The third-order valence-corrected chi connectivity index (χ3v) is 6.96. The van der Waals surface area contributed by atoms with Crippen molar-refractivity contribution in [2.24, 2.45) is 11.6 Å². The Labute approximate surface area is 272 Å². The maximum Gasteiger partial charge on any atom is 0.303 e. The number of nitrogens with two attached hydrogens (primary N) is 2. The first-order valence-corrected chi connectivity index (χ1v) is 17.2. The molecule has 0 spiro atoms. The number of hydrogen-bond acceptors (Lipinski definition) is 10. The molecule has 0 aromatic carbocycles. The zero-order valence-electron chi connectivity index (χ0n) is 28.3. The predicted octanol–water partition coefficient (Wildman–Crippen LogP) is 4.51. The van der Waals surface area contributed by atoms with Crippen LogP contribution in [0.3, 0.4) is 0 Å². The molecule has 0 saturated heterocycles. The molecule has 0 saturated carbocycles. The first-order valence-electron chi connectivity index (χ1n) is 17.2. The average molecular weight is 647 g/mol. The van der Waals surface area contributed by atoms with Crippen LogP contribution in [0.5, 0.6) is 0 Å². The van der Waals surface area contributed by atoms with Gasteiger partial charge in [0.25, 0.3) is 0 Å². The summed E-state index contributed by atoms with van der Waals surface area (Å²) in [5, 5.41) is 13.0. The molecule has 6 N–H and O–H groups in total.